The minimum atomic E-state index is -2.96. The molecule has 1 aliphatic heterocycles. The van der Waals surface area contributed by atoms with Gasteiger partial charge in [0.1, 0.15) is 11.9 Å². The fraction of sp³-hybridized carbons (Fsp3) is 0.286. The number of halogens is 6. The quantitative estimate of drug-likeness (QED) is 0.167. The van der Waals surface area contributed by atoms with E-state index in [0.29, 0.717) is 29.7 Å². The summed E-state index contributed by atoms with van der Waals surface area (Å²) >= 11 is 0. The topological polar surface area (TPSA) is 12.5 Å². The van der Waals surface area contributed by atoms with E-state index in [1.807, 2.05) is 0 Å². The molecule has 3 aromatic carbocycles. The molecule has 0 aromatic heterocycles. The standard InChI is InChI=1S/C28H24F6O/c1-16-14-22(23-15-35-23)27(32)24(28(33)34)21(16)11-6-17-2-7-19(8-3-17)25(30)26(31)20-9-4-18(5-10-20)12-13-29/h2-5,7-10,14,23,28H,6,11-13,15H2,1H3/b26-25+. The number of alkyl halides is 3. The van der Waals surface area contributed by atoms with Crippen molar-refractivity contribution in [1.29, 1.82) is 0 Å². The third-order valence-electron chi connectivity index (χ3n) is 6.22. The van der Waals surface area contributed by atoms with Crippen LogP contribution in [0.25, 0.3) is 11.7 Å². The van der Waals surface area contributed by atoms with E-state index >= 15 is 0 Å². The van der Waals surface area contributed by atoms with E-state index in [1.165, 1.54) is 24.3 Å². The van der Waals surface area contributed by atoms with E-state index < -0.39 is 42.2 Å². The van der Waals surface area contributed by atoms with E-state index in [0.717, 1.165) is 0 Å². The molecule has 0 N–H and O–H groups in total. The largest absolute Gasteiger partial charge is 0.368 e. The fourth-order valence-electron chi connectivity index (χ4n) is 4.17. The summed E-state index contributed by atoms with van der Waals surface area (Å²) in [4.78, 5) is 0. The van der Waals surface area contributed by atoms with Crippen LogP contribution in [0.5, 0.6) is 0 Å². The highest BCUT2D eigenvalue weighted by Gasteiger charge is 2.32. The Morgan fingerprint density at radius 3 is 1.86 bits per heavy atom. The van der Waals surface area contributed by atoms with Crippen LogP contribution in [0.2, 0.25) is 0 Å². The molecule has 4 rings (SSSR count). The van der Waals surface area contributed by atoms with E-state index in [9.17, 15) is 26.3 Å². The summed E-state index contributed by atoms with van der Waals surface area (Å²) in [6, 6.07) is 13.5. The summed E-state index contributed by atoms with van der Waals surface area (Å²) in [6.07, 6.45) is -2.73. The van der Waals surface area contributed by atoms with E-state index in [1.54, 1.807) is 37.3 Å². The molecule has 1 atom stereocenters. The number of rotatable bonds is 9. The molecule has 35 heavy (non-hydrogen) atoms. The highest BCUT2D eigenvalue weighted by atomic mass is 19.3. The molecule has 3 aromatic rings. The van der Waals surface area contributed by atoms with Crippen LogP contribution < -0.4 is 0 Å². The average molecular weight is 490 g/mol. The first-order chi connectivity index (χ1) is 16.8. The molecular formula is C28H24F6O. The molecule has 0 radical (unpaired) electrons. The van der Waals surface area contributed by atoms with E-state index in [2.05, 4.69) is 0 Å². The molecular weight excluding hydrogens is 466 g/mol. The summed E-state index contributed by atoms with van der Waals surface area (Å²) in [5.74, 6) is -2.98. The van der Waals surface area contributed by atoms with E-state index in [-0.39, 0.29) is 35.1 Å². The van der Waals surface area contributed by atoms with Crippen LogP contribution in [-0.4, -0.2) is 13.3 Å². The maximum Gasteiger partial charge on any atom is 0.266 e. The van der Waals surface area contributed by atoms with Gasteiger partial charge in [-0.3, -0.25) is 4.39 Å². The van der Waals surface area contributed by atoms with Crippen LogP contribution in [-0.2, 0) is 24.0 Å². The van der Waals surface area contributed by atoms with Crippen molar-refractivity contribution < 1.29 is 31.1 Å². The lowest BCUT2D eigenvalue weighted by molar-refractivity contribution is 0.144. The summed E-state index contributed by atoms with van der Waals surface area (Å²) < 4.78 is 88.9. The zero-order chi connectivity index (χ0) is 25.1. The van der Waals surface area contributed by atoms with Crippen LogP contribution in [0.4, 0.5) is 26.3 Å². The fourth-order valence-corrected chi connectivity index (χ4v) is 4.17. The second-order valence-electron chi connectivity index (χ2n) is 8.57. The summed E-state index contributed by atoms with van der Waals surface area (Å²) in [7, 11) is 0. The molecule has 1 aliphatic rings. The van der Waals surface area contributed by atoms with Gasteiger partial charge in [0.15, 0.2) is 11.7 Å². The molecule has 1 fully saturated rings. The maximum atomic E-state index is 14.7. The zero-order valence-electron chi connectivity index (χ0n) is 19.1. The lowest BCUT2D eigenvalue weighted by atomic mass is 9.92. The van der Waals surface area contributed by atoms with Gasteiger partial charge in [-0.25, -0.2) is 22.0 Å². The van der Waals surface area contributed by atoms with Gasteiger partial charge in [-0.05, 0) is 42.0 Å². The van der Waals surface area contributed by atoms with Gasteiger partial charge >= 0.3 is 0 Å². The molecule has 0 aliphatic carbocycles. The van der Waals surface area contributed by atoms with Gasteiger partial charge in [-0.1, -0.05) is 54.6 Å². The molecule has 0 bridgehead atoms. The van der Waals surface area contributed by atoms with Gasteiger partial charge in [-0.2, -0.15) is 0 Å². The Labute approximate surface area is 200 Å². The predicted molar refractivity (Wildman–Crippen MR) is 124 cm³/mol. The van der Waals surface area contributed by atoms with Crippen molar-refractivity contribution in [2.24, 2.45) is 0 Å². The van der Waals surface area contributed by atoms with Crippen LogP contribution in [0.1, 0.15) is 57.0 Å². The van der Waals surface area contributed by atoms with Crippen molar-refractivity contribution in [2.45, 2.75) is 38.7 Å². The molecule has 0 spiro atoms. The third-order valence-corrected chi connectivity index (χ3v) is 6.22. The molecule has 0 amide bonds. The molecule has 1 saturated heterocycles. The van der Waals surface area contributed by atoms with Crippen molar-refractivity contribution in [1.82, 2.24) is 0 Å². The minimum absolute atomic E-state index is 0.0309. The Bertz CT molecular complexity index is 1210. The van der Waals surface area contributed by atoms with Gasteiger partial charge in [0, 0.05) is 23.1 Å². The number of hydrogen-bond acceptors (Lipinski definition) is 1. The normalized spacial score (nSPS) is 15.9. The molecule has 1 unspecified atom stereocenters. The number of aryl methyl sites for hydroxylation is 3. The Morgan fingerprint density at radius 1 is 0.886 bits per heavy atom. The third kappa shape index (κ3) is 5.61. The minimum Gasteiger partial charge on any atom is -0.368 e. The smallest absolute Gasteiger partial charge is 0.266 e. The monoisotopic (exact) mass is 490 g/mol. The van der Waals surface area contributed by atoms with Crippen LogP contribution >= 0.6 is 0 Å². The number of epoxide rings is 1. The maximum absolute atomic E-state index is 14.7. The van der Waals surface area contributed by atoms with Gasteiger partial charge in [-0.15, -0.1) is 0 Å². The van der Waals surface area contributed by atoms with Gasteiger partial charge in [0.05, 0.1) is 18.8 Å². The van der Waals surface area contributed by atoms with Crippen molar-refractivity contribution in [3.8, 4) is 0 Å². The van der Waals surface area contributed by atoms with Gasteiger partial charge < -0.3 is 4.74 Å². The molecule has 7 heteroatoms. The Morgan fingerprint density at radius 2 is 1.40 bits per heavy atom. The van der Waals surface area contributed by atoms with Crippen LogP contribution in [0, 0.1) is 12.7 Å². The van der Waals surface area contributed by atoms with Gasteiger partial charge in [0.2, 0.25) is 0 Å². The number of ether oxygens (including phenoxy) is 1. The highest BCUT2D eigenvalue weighted by Crippen LogP contribution is 2.39. The molecule has 1 heterocycles. The summed E-state index contributed by atoms with van der Waals surface area (Å²) in [6.45, 7) is 1.46. The Kier molecular flexibility index (Phi) is 7.65. The van der Waals surface area contributed by atoms with Crippen molar-refractivity contribution in [2.75, 3.05) is 13.3 Å². The SMILES string of the molecule is Cc1cc(C2CO2)c(F)c(C(F)F)c1CCc1ccc(/C(F)=C(\F)c2ccc(CCF)cc2)cc1. The summed E-state index contributed by atoms with van der Waals surface area (Å²) in [5, 5.41) is 0. The number of benzene rings is 3. The second kappa shape index (κ2) is 10.7. The van der Waals surface area contributed by atoms with Gasteiger partial charge in [0.25, 0.3) is 6.43 Å². The van der Waals surface area contributed by atoms with Crippen LogP contribution in [0.15, 0.2) is 54.6 Å². The first-order valence-corrected chi connectivity index (χ1v) is 11.3. The Hall–Kier alpha value is -3.06. The molecule has 1 nitrogen and oxygen atoms in total. The lowest BCUT2D eigenvalue weighted by Gasteiger charge is -2.16. The van der Waals surface area contributed by atoms with E-state index in [4.69, 9.17) is 4.74 Å². The molecule has 184 valence electrons. The average Bonchev–Trinajstić information content (AvgIpc) is 3.69. The van der Waals surface area contributed by atoms with Crippen molar-refractivity contribution >= 4 is 11.7 Å². The van der Waals surface area contributed by atoms with Crippen molar-refractivity contribution in [3.63, 3.8) is 0 Å². The first-order valence-electron chi connectivity index (χ1n) is 11.3. The Balaban J connectivity index is 1.50. The second-order valence-corrected chi connectivity index (χ2v) is 8.57. The zero-order valence-corrected chi connectivity index (χ0v) is 19.1. The lowest BCUT2D eigenvalue weighted by Crippen LogP contribution is -2.07. The number of hydrogen-bond donors (Lipinski definition) is 0. The van der Waals surface area contributed by atoms with Crippen molar-refractivity contribution in [3.05, 3.63) is 105 Å². The summed E-state index contributed by atoms with van der Waals surface area (Å²) in [5.41, 5.74) is 1.86. The van der Waals surface area contributed by atoms with Crippen LogP contribution in [0.3, 0.4) is 0 Å². The highest BCUT2D eigenvalue weighted by molar-refractivity contribution is 5.83. The predicted octanol–water partition coefficient (Wildman–Crippen LogP) is 8.21. The molecule has 0 saturated carbocycles. The first kappa shape index (κ1) is 25.0.